The van der Waals surface area contributed by atoms with Crippen LogP contribution in [0.15, 0.2) is 54.6 Å². The Hall–Kier alpha value is -2.73. The van der Waals surface area contributed by atoms with E-state index < -0.39 is 5.82 Å². The first kappa shape index (κ1) is 16.1. The average Bonchev–Trinajstić information content (AvgIpc) is 2.95. The summed E-state index contributed by atoms with van der Waals surface area (Å²) >= 11 is 1.39. The number of ether oxygens (including phenoxy) is 1. The van der Waals surface area contributed by atoms with E-state index in [0.717, 1.165) is 16.1 Å². The average molecular weight is 342 g/mol. The molecule has 0 saturated carbocycles. The number of anilines is 1. The molecule has 0 bridgehead atoms. The van der Waals surface area contributed by atoms with Gasteiger partial charge in [-0.15, -0.1) is 11.3 Å². The van der Waals surface area contributed by atoms with E-state index in [-0.39, 0.29) is 18.3 Å². The standard InChI is InChI=1S/C18H15FN2O2S/c1-12-17(13-7-3-2-4-8-13)21-18(24-12)20-16(22)11-23-15-10-6-5-9-14(15)19/h2-10H,11H2,1H3,(H,20,21,22). The number of rotatable bonds is 5. The van der Waals surface area contributed by atoms with Crippen molar-refractivity contribution in [3.8, 4) is 17.0 Å². The maximum absolute atomic E-state index is 13.4. The predicted octanol–water partition coefficient (Wildman–Crippen LogP) is 4.28. The number of hydrogen-bond donors (Lipinski definition) is 1. The zero-order chi connectivity index (χ0) is 16.9. The highest BCUT2D eigenvalue weighted by Crippen LogP contribution is 2.30. The summed E-state index contributed by atoms with van der Waals surface area (Å²) in [5.41, 5.74) is 1.83. The molecule has 0 fully saturated rings. The van der Waals surface area contributed by atoms with Crippen LogP contribution in [0.25, 0.3) is 11.3 Å². The van der Waals surface area contributed by atoms with Crippen LogP contribution in [0.5, 0.6) is 5.75 Å². The van der Waals surface area contributed by atoms with Gasteiger partial charge in [-0.05, 0) is 19.1 Å². The Morgan fingerprint density at radius 3 is 2.62 bits per heavy atom. The number of para-hydroxylation sites is 1. The lowest BCUT2D eigenvalue weighted by atomic mass is 10.1. The molecule has 1 N–H and O–H groups in total. The molecule has 6 heteroatoms. The molecule has 0 aliphatic rings. The number of aromatic nitrogens is 1. The molecule has 0 aliphatic carbocycles. The fourth-order valence-electron chi connectivity index (χ4n) is 2.17. The molecule has 0 saturated heterocycles. The highest BCUT2D eigenvalue weighted by Gasteiger charge is 2.12. The van der Waals surface area contributed by atoms with E-state index in [1.54, 1.807) is 12.1 Å². The molecule has 1 amide bonds. The van der Waals surface area contributed by atoms with Crippen LogP contribution >= 0.6 is 11.3 Å². The summed E-state index contributed by atoms with van der Waals surface area (Å²) in [7, 11) is 0. The van der Waals surface area contributed by atoms with Crippen LogP contribution in [0.1, 0.15) is 4.88 Å². The second-order valence-corrected chi connectivity index (χ2v) is 6.26. The van der Waals surface area contributed by atoms with Crippen molar-refractivity contribution in [1.82, 2.24) is 4.98 Å². The van der Waals surface area contributed by atoms with Gasteiger partial charge in [-0.1, -0.05) is 42.5 Å². The van der Waals surface area contributed by atoms with Crippen LogP contribution in [0.3, 0.4) is 0 Å². The Balaban J connectivity index is 1.64. The number of halogens is 1. The number of nitrogens with zero attached hydrogens (tertiary/aromatic N) is 1. The Morgan fingerprint density at radius 1 is 1.17 bits per heavy atom. The minimum atomic E-state index is -0.498. The molecular weight excluding hydrogens is 327 g/mol. The molecule has 24 heavy (non-hydrogen) atoms. The summed E-state index contributed by atoms with van der Waals surface area (Å²) in [6.07, 6.45) is 0. The van der Waals surface area contributed by atoms with Crippen molar-refractivity contribution in [2.75, 3.05) is 11.9 Å². The number of amides is 1. The summed E-state index contributed by atoms with van der Waals surface area (Å²) in [5.74, 6) is -0.832. The molecule has 0 spiro atoms. The normalized spacial score (nSPS) is 10.4. The van der Waals surface area contributed by atoms with Crippen molar-refractivity contribution in [2.24, 2.45) is 0 Å². The van der Waals surface area contributed by atoms with Gasteiger partial charge in [-0.25, -0.2) is 9.37 Å². The molecule has 1 heterocycles. The quantitative estimate of drug-likeness (QED) is 0.753. The van der Waals surface area contributed by atoms with Gasteiger partial charge in [-0.2, -0.15) is 0 Å². The monoisotopic (exact) mass is 342 g/mol. The fourth-order valence-corrected chi connectivity index (χ4v) is 3.03. The molecule has 0 unspecified atom stereocenters. The van der Waals surface area contributed by atoms with Crippen LogP contribution in [0.4, 0.5) is 9.52 Å². The third kappa shape index (κ3) is 3.78. The summed E-state index contributed by atoms with van der Waals surface area (Å²) in [6, 6.07) is 15.7. The van der Waals surface area contributed by atoms with Gasteiger partial charge in [0.15, 0.2) is 23.3 Å². The molecular formula is C18H15FN2O2S. The molecule has 2 aromatic carbocycles. The predicted molar refractivity (Wildman–Crippen MR) is 92.8 cm³/mol. The van der Waals surface area contributed by atoms with Crippen LogP contribution in [-0.4, -0.2) is 17.5 Å². The molecule has 3 rings (SSSR count). The van der Waals surface area contributed by atoms with Gasteiger partial charge in [0, 0.05) is 10.4 Å². The molecule has 1 aromatic heterocycles. The van der Waals surface area contributed by atoms with E-state index in [4.69, 9.17) is 4.74 Å². The van der Waals surface area contributed by atoms with Crippen molar-refractivity contribution in [3.63, 3.8) is 0 Å². The number of carbonyl (C=O) groups is 1. The van der Waals surface area contributed by atoms with Gasteiger partial charge < -0.3 is 4.74 Å². The first-order valence-electron chi connectivity index (χ1n) is 7.33. The number of benzene rings is 2. The van der Waals surface area contributed by atoms with E-state index in [0.29, 0.717) is 5.13 Å². The van der Waals surface area contributed by atoms with Crippen LogP contribution < -0.4 is 10.1 Å². The summed E-state index contributed by atoms with van der Waals surface area (Å²) in [6.45, 7) is 1.67. The van der Waals surface area contributed by atoms with Gasteiger partial charge in [0.2, 0.25) is 0 Å². The number of hydrogen-bond acceptors (Lipinski definition) is 4. The SMILES string of the molecule is Cc1sc(NC(=O)COc2ccccc2F)nc1-c1ccccc1. The van der Waals surface area contributed by atoms with E-state index in [1.807, 2.05) is 37.3 Å². The molecule has 4 nitrogen and oxygen atoms in total. The van der Waals surface area contributed by atoms with Crippen LogP contribution in [-0.2, 0) is 4.79 Å². The van der Waals surface area contributed by atoms with E-state index in [9.17, 15) is 9.18 Å². The topological polar surface area (TPSA) is 51.2 Å². The zero-order valence-electron chi connectivity index (χ0n) is 13.0. The Labute approximate surface area is 142 Å². The Bertz CT molecular complexity index is 849. The van der Waals surface area contributed by atoms with Crippen molar-refractivity contribution in [2.45, 2.75) is 6.92 Å². The van der Waals surface area contributed by atoms with E-state index in [2.05, 4.69) is 10.3 Å². The number of thiazole rings is 1. The Kier molecular flexibility index (Phi) is 4.86. The van der Waals surface area contributed by atoms with Gasteiger partial charge >= 0.3 is 0 Å². The largest absolute Gasteiger partial charge is 0.481 e. The van der Waals surface area contributed by atoms with Gasteiger partial charge in [0.05, 0.1) is 5.69 Å². The molecule has 3 aromatic rings. The van der Waals surface area contributed by atoms with Crippen molar-refractivity contribution in [3.05, 3.63) is 65.3 Å². The van der Waals surface area contributed by atoms with Crippen molar-refractivity contribution in [1.29, 1.82) is 0 Å². The van der Waals surface area contributed by atoms with Gasteiger partial charge in [0.25, 0.3) is 5.91 Å². The highest BCUT2D eigenvalue weighted by molar-refractivity contribution is 7.16. The highest BCUT2D eigenvalue weighted by atomic mass is 32.1. The molecule has 0 atom stereocenters. The summed E-state index contributed by atoms with van der Waals surface area (Å²) in [4.78, 5) is 17.4. The summed E-state index contributed by atoms with van der Waals surface area (Å²) in [5, 5.41) is 3.18. The molecule has 122 valence electrons. The van der Waals surface area contributed by atoms with E-state index >= 15 is 0 Å². The van der Waals surface area contributed by atoms with E-state index in [1.165, 1.54) is 23.5 Å². The van der Waals surface area contributed by atoms with Crippen molar-refractivity contribution < 1.29 is 13.9 Å². The third-order valence-corrected chi connectivity index (χ3v) is 4.17. The molecule has 0 aliphatic heterocycles. The first-order valence-corrected chi connectivity index (χ1v) is 8.15. The lowest BCUT2D eigenvalue weighted by Crippen LogP contribution is -2.20. The van der Waals surface area contributed by atoms with Crippen LogP contribution in [0, 0.1) is 12.7 Å². The van der Waals surface area contributed by atoms with Gasteiger partial charge in [-0.3, -0.25) is 10.1 Å². The van der Waals surface area contributed by atoms with Crippen molar-refractivity contribution >= 4 is 22.4 Å². The Morgan fingerprint density at radius 2 is 1.88 bits per heavy atom. The minimum Gasteiger partial charge on any atom is -0.481 e. The maximum atomic E-state index is 13.4. The lowest BCUT2D eigenvalue weighted by Gasteiger charge is -2.06. The third-order valence-electron chi connectivity index (χ3n) is 3.29. The first-order chi connectivity index (χ1) is 11.6. The van der Waals surface area contributed by atoms with Gasteiger partial charge in [0.1, 0.15) is 0 Å². The smallest absolute Gasteiger partial charge is 0.264 e. The number of carbonyl (C=O) groups excluding carboxylic acids is 1. The number of aryl methyl sites for hydroxylation is 1. The maximum Gasteiger partial charge on any atom is 0.264 e. The zero-order valence-corrected chi connectivity index (χ0v) is 13.8. The molecule has 0 radical (unpaired) electrons. The number of nitrogens with one attached hydrogen (secondary N) is 1. The summed E-state index contributed by atoms with van der Waals surface area (Å²) < 4.78 is 18.6. The second kappa shape index (κ2) is 7.23. The fraction of sp³-hybridized carbons (Fsp3) is 0.111. The second-order valence-electron chi connectivity index (χ2n) is 5.06. The van der Waals surface area contributed by atoms with Crippen LogP contribution in [0.2, 0.25) is 0 Å². The minimum absolute atomic E-state index is 0.0490. The lowest BCUT2D eigenvalue weighted by molar-refractivity contribution is -0.118.